The van der Waals surface area contributed by atoms with Gasteiger partial charge in [-0.1, -0.05) is 58.5 Å². The van der Waals surface area contributed by atoms with Gasteiger partial charge < -0.3 is 20.3 Å². The van der Waals surface area contributed by atoms with Gasteiger partial charge in [0.2, 0.25) is 5.91 Å². The summed E-state index contributed by atoms with van der Waals surface area (Å²) >= 11 is 25.0. The van der Waals surface area contributed by atoms with Crippen LogP contribution in [0.3, 0.4) is 0 Å². The second-order valence-electron chi connectivity index (χ2n) is 10.0. The lowest BCUT2D eigenvalue weighted by Crippen LogP contribution is -2.51. The van der Waals surface area contributed by atoms with Crippen LogP contribution in [-0.2, 0) is 16.6 Å². The van der Waals surface area contributed by atoms with E-state index in [9.17, 15) is 14.7 Å². The van der Waals surface area contributed by atoms with Gasteiger partial charge >= 0.3 is 0 Å². The molecule has 0 atom stereocenters. The average molecular weight is 631 g/mol. The van der Waals surface area contributed by atoms with Gasteiger partial charge in [0.25, 0.3) is 5.91 Å². The number of likely N-dealkylation sites (tertiary alicyclic amines) is 1. The topological polar surface area (TPSA) is 88.6 Å². The molecule has 6 nitrogen and oxygen atoms in total. The van der Waals surface area contributed by atoms with Crippen molar-refractivity contribution in [2.24, 2.45) is 5.73 Å². The van der Waals surface area contributed by atoms with Gasteiger partial charge in [-0.15, -0.1) is 0 Å². The summed E-state index contributed by atoms with van der Waals surface area (Å²) < 4.78 is 1.92. The zero-order chi connectivity index (χ0) is 29.3. The van der Waals surface area contributed by atoms with E-state index in [2.05, 4.69) is 0 Å². The van der Waals surface area contributed by atoms with Crippen molar-refractivity contribution < 1.29 is 14.7 Å². The maximum atomic E-state index is 14.1. The summed E-state index contributed by atoms with van der Waals surface area (Å²) in [7, 11) is 0. The summed E-state index contributed by atoms with van der Waals surface area (Å²) in [5, 5.41) is 12.1. The van der Waals surface area contributed by atoms with E-state index in [4.69, 9.17) is 52.1 Å². The molecule has 3 N–H and O–H groups in total. The van der Waals surface area contributed by atoms with Crippen LogP contribution in [0, 0.1) is 0 Å². The van der Waals surface area contributed by atoms with E-state index in [-0.39, 0.29) is 18.9 Å². The minimum absolute atomic E-state index is 0.174. The van der Waals surface area contributed by atoms with Crippen LogP contribution in [0.2, 0.25) is 20.1 Å². The Kier molecular flexibility index (Phi) is 8.69. The molecule has 41 heavy (non-hydrogen) atoms. The molecule has 212 valence electrons. The number of rotatable bonds is 7. The molecule has 1 aromatic heterocycles. The van der Waals surface area contributed by atoms with Crippen LogP contribution in [0.1, 0.15) is 34.5 Å². The molecule has 5 rings (SSSR count). The lowest BCUT2D eigenvalue weighted by atomic mass is 9.72. The van der Waals surface area contributed by atoms with Gasteiger partial charge in [0.05, 0.1) is 21.7 Å². The van der Waals surface area contributed by atoms with E-state index < -0.39 is 11.3 Å². The fraction of sp³-hybridized carbons (Fsp3) is 0.226. The van der Waals surface area contributed by atoms with Crippen LogP contribution < -0.4 is 5.73 Å². The molecular formula is C31H27Cl4N3O3. The fourth-order valence-corrected chi connectivity index (χ4v) is 6.33. The van der Waals surface area contributed by atoms with Gasteiger partial charge in [-0.25, -0.2) is 0 Å². The Morgan fingerprint density at radius 2 is 1.41 bits per heavy atom. The summed E-state index contributed by atoms with van der Waals surface area (Å²) in [6, 6.07) is 21.3. The summed E-state index contributed by atoms with van der Waals surface area (Å²) in [6.07, 6.45) is 0.969. The zero-order valence-corrected chi connectivity index (χ0v) is 24.9. The number of nitrogens with two attached hydrogens (primary N) is 1. The van der Waals surface area contributed by atoms with E-state index in [1.165, 1.54) is 0 Å². The molecule has 3 aromatic carbocycles. The molecule has 0 spiro atoms. The van der Waals surface area contributed by atoms with E-state index in [0.29, 0.717) is 68.5 Å². The van der Waals surface area contributed by atoms with Crippen LogP contribution in [-0.4, -0.2) is 46.1 Å². The predicted molar refractivity (Wildman–Crippen MR) is 164 cm³/mol. The van der Waals surface area contributed by atoms with Gasteiger partial charge in [-0.3, -0.25) is 9.59 Å². The number of aliphatic hydroxyl groups excluding tert-OH is 1. The molecule has 1 saturated heterocycles. The summed E-state index contributed by atoms with van der Waals surface area (Å²) in [4.78, 5) is 28.5. The number of amides is 2. The molecule has 10 heteroatoms. The molecule has 0 unspecified atom stereocenters. The van der Waals surface area contributed by atoms with Gasteiger partial charge in [0.1, 0.15) is 0 Å². The van der Waals surface area contributed by atoms with Crippen LogP contribution in [0.5, 0.6) is 0 Å². The average Bonchev–Trinajstić information content (AvgIpc) is 3.32. The molecule has 0 aliphatic carbocycles. The van der Waals surface area contributed by atoms with Crippen LogP contribution in [0.15, 0.2) is 72.8 Å². The van der Waals surface area contributed by atoms with E-state index in [1.54, 1.807) is 53.4 Å². The van der Waals surface area contributed by atoms with Gasteiger partial charge in [0, 0.05) is 58.1 Å². The number of carbonyl (C=O) groups excluding carboxylic acids is 2. The molecule has 0 saturated carbocycles. The van der Waals surface area contributed by atoms with Crippen LogP contribution >= 0.6 is 46.4 Å². The van der Waals surface area contributed by atoms with Crippen molar-refractivity contribution in [2.45, 2.75) is 24.7 Å². The first kappa shape index (κ1) is 29.5. The first-order valence-electron chi connectivity index (χ1n) is 13.1. The van der Waals surface area contributed by atoms with Crippen molar-refractivity contribution in [3.05, 3.63) is 110 Å². The highest BCUT2D eigenvalue weighted by Crippen LogP contribution is 2.39. The third-order valence-electron chi connectivity index (χ3n) is 7.75. The molecular weight excluding hydrogens is 604 g/mol. The standard InChI is InChI=1S/C31H27Cl4N3O3/c32-20-3-1-19(2-4-20)31(30(36)41)12-14-37(15-13-31)29(40)25-18-28(24-10-7-22(34)17-26(24)35)38(27(25)11-16-39)23-8-5-21(33)6-9-23/h1-10,17-18,39H,11-16H2,(H2,36,41). The highest BCUT2D eigenvalue weighted by molar-refractivity contribution is 6.36. The Morgan fingerprint density at radius 3 is 1.98 bits per heavy atom. The van der Waals surface area contributed by atoms with Crippen molar-refractivity contribution >= 4 is 58.2 Å². The molecule has 2 amide bonds. The van der Waals surface area contributed by atoms with E-state index >= 15 is 0 Å². The van der Waals surface area contributed by atoms with Gasteiger partial charge in [0.15, 0.2) is 0 Å². The monoisotopic (exact) mass is 629 g/mol. The fourth-order valence-electron chi connectivity index (χ4n) is 5.58. The predicted octanol–water partition coefficient (Wildman–Crippen LogP) is 6.95. The molecule has 2 heterocycles. The number of hydrogen-bond donors (Lipinski definition) is 2. The SMILES string of the molecule is NC(=O)C1(c2ccc(Cl)cc2)CCN(C(=O)c2cc(-c3ccc(Cl)cc3Cl)n(-c3ccc(Cl)cc3)c2CCO)CC1. The Hall–Kier alpha value is -3.00. The summed E-state index contributed by atoms with van der Waals surface area (Å²) in [5.74, 6) is -0.636. The molecule has 4 aromatic rings. The Labute approximate surface area is 258 Å². The molecule has 1 aliphatic rings. The minimum atomic E-state index is -0.896. The smallest absolute Gasteiger partial charge is 0.255 e. The van der Waals surface area contributed by atoms with Crippen molar-refractivity contribution in [2.75, 3.05) is 19.7 Å². The van der Waals surface area contributed by atoms with Crippen molar-refractivity contribution in [1.29, 1.82) is 0 Å². The number of halogens is 4. The second-order valence-corrected chi connectivity index (χ2v) is 11.8. The summed E-state index contributed by atoms with van der Waals surface area (Å²) in [6.45, 7) is 0.477. The number of aliphatic hydroxyl groups is 1. The highest BCUT2D eigenvalue weighted by atomic mass is 35.5. The van der Waals surface area contributed by atoms with Gasteiger partial charge in [-0.05, 0) is 79.1 Å². The highest BCUT2D eigenvalue weighted by Gasteiger charge is 2.43. The van der Waals surface area contributed by atoms with E-state index in [1.807, 2.05) is 28.8 Å². The third kappa shape index (κ3) is 5.72. The Balaban J connectivity index is 1.56. The van der Waals surface area contributed by atoms with E-state index in [0.717, 1.165) is 11.3 Å². The first-order chi connectivity index (χ1) is 19.6. The summed E-state index contributed by atoms with van der Waals surface area (Å²) in [5.41, 5.74) is 8.99. The van der Waals surface area contributed by atoms with Crippen LogP contribution in [0.4, 0.5) is 0 Å². The molecule has 1 fully saturated rings. The maximum absolute atomic E-state index is 14.1. The number of carbonyl (C=O) groups is 2. The zero-order valence-electron chi connectivity index (χ0n) is 21.9. The Morgan fingerprint density at radius 1 is 0.829 bits per heavy atom. The Bertz CT molecular complexity index is 1590. The normalized spacial score (nSPS) is 14.7. The third-order valence-corrected chi connectivity index (χ3v) is 8.80. The molecule has 0 radical (unpaired) electrons. The number of primary amides is 1. The number of aromatic nitrogens is 1. The lowest BCUT2D eigenvalue weighted by molar-refractivity contribution is -0.125. The quantitative estimate of drug-likeness (QED) is 0.232. The van der Waals surface area contributed by atoms with Crippen molar-refractivity contribution in [3.63, 3.8) is 0 Å². The number of benzene rings is 3. The van der Waals surface area contributed by atoms with Crippen molar-refractivity contribution in [1.82, 2.24) is 9.47 Å². The molecule has 1 aliphatic heterocycles. The second kappa shape index (κ2) is 12.1. The number of piperidine rings is 1. The van der Waals surface area contributed by atoms with Gasteiger partial charge in [-0.2, -0.15) is 0 Å². The first-order valence-corrected chi connectivity index (χ1v) is 14.6. The van der Waals surface area contributed by atoms with Crippen molar-refractivity contribution in [3.8, 4) is 16.9 Å². The van der Waals surface area contributed by atoms with Crippen LogP contribution in [0.25, 0.3) is 16.9 Å². The number of nitrogens with zero attached hydrogens (tertiary/aromatic N) is 2. The molecule has 0 bridgehead atoms. The number of hydrogen-bond acceptors (Lipinski definition) is 3. The largest absolute Gasteiger partial charge is 0.396 e. The maximum Gasteiger partial charge on any atom is 0.255 e. The minimum Gasteiger partial charge on any atom is -0.396 e. The lowest BCUT2D eigenvalue weighted by Gasteiger charge is -2.40.